The average Bonchev–Trinajstić information content (AvgIpc) is 2.27. The van der Waals surface area contributed by atoms with Gasteiger partial charge in [-0.1, -0.05) is 12.1 Å². The molecule has 1 atom stereocenters. The Morgan fingerprint density at radius 1 is 1.29 bits per heavy atom. The molecule has 2 rings (SSSR count). The Hall–Kier alpha value is -1.45. The number of hydrogen-bond donors (Lipinski definition) is 2. The highest BCUT2D eigenvalue weighted by Gasteiger charge is 2.04. The van der Waals surface area contributed by atoms with Crippen LogP contribution in [-0.4, -0.2) is 16.6 Å². The minimum atomic E-state index is -0.584. The molecule has 0 saturated heterocycles. The summed E-state index contributed by atoms with van der Waals surface area (Å²) in [4.78, 5) is 4.03. The van der Waals surface area contributed by atoms with Crippen LogP contribution in [0.15, 0.2) is 36.7 Å². The van der Waals surface area contributed by atoms with Crippen molar-refractivity contribution in [3.8, 4) is 0 Å². The number of nitrogens with zero attached hydrogens (tertiary/aromatic N) is 1. The zero-order valence-electron chi connectivity index (χ0n) is 7.72. The van der Waals surface area contributed by atoms with E-state index in [1.807, 2.05) is 24.3 Å². The molecule has 3 nitrogen and oxygen atoms in total. The maximum atomic E-state index is 9.54. The van der Waals surface area contributed by atoms with E-state index in [4.69, 9.17) is 5.73 Å². The first-order valence-electron chi connectivity index (χ1n) is 4.53. The molecule has 0 saturated carbocycles. The first kappa shape index (κ1) is 9.12. The normalized spacial score (nSPS) is 13.0. The zero-order chi connectivity index (χ0) is 9.97. The van der Waals surface area contributed by atoms with Crippen LogP contribution in [0, 0.1) is 0 Å². The smallest absolute Gasteiger partial charge is 0.0912 e. The molecule has 1 unspecified atom stereocenters. The summed E-state index contributed by atoms with van der Waals surface area (Å²) in [5.74, 6) is 0. The highest BCUT2D eigenvalue weighted by Crippen LogP contribution is 2.18. The van der Waals surface area contributed by atoms with Gasteiger partial charge in [-0.2, -0.15) is 0 Å². The molecular formula is C11H12N2O. The third-order valence-electron chi connectivity index (χ3n) is 2.27. The van der Waals surface area contributed by atoms with Gasteiger partial charge >= 0.3 is 0 Å². The monoisotopic (exact) mass is 188 g/mol. The number of benzene rings is 1. The summed E-state index contributed by atoms with van der Waals surface area (Å²) in [5, 5.41) is 11.7. The molecule has 1 aromatic carbocycles. The van der Waals surface area contributed by atoms with Gasteiger partial charge in [-0.3, -0.25) is 4.98 Å². The first-order chi connectivity index (χ1) is 6.81. The molecule has 14 heavy (non-hydrogen) atoms. The van der Waals surface area contributed by atoms with Gasteiger partial charge in [0.15, 0.2) is 0 Å². The molecule has 3 heteroatoms. The zero-order valence-corrected chi connectivity index (χ0v) is 7.72. The van der Waals surface area contributed by atoms with Gasteiger partial charge in [0.2, 0.25) is 0 Å². The maximum Gasteiger partial charge on any atom is 0.0912 e. The molecule has 0 amide bonds. The van der Waals surface area contributed by atoms with Crippen LogP contribution in [0.2, 0.25) is 0 Å². The van der Waals surface area contributed by atoms with Crippen molar-refractivity contribution < 1.29 is 5.11 Å². The summed E-state index contributed by atoms with van der Waals surface area (Å²) in [5.41, 5.74) is 6.22. The van der Waals surface area contributed by atoms with Gasteiger partial charge in [0.1, 0.15) is 0 Å². The molecule has 1 heterocycles. The van der Waals surface area contributed by atoms with Crippen molar-refractivity contribution in [2.45, 2.75) is 6.10 Å². The average molecular weight is 188 g/mol. The highest BCUT2D eigenvalue weighted by molar-refractivity contribution is 5.82. The number of pyridine rings is 1. The molecule has 2 aromatic rings. The molecular weight excluding hydrogens is 176 g/mol. The lowest BCUT2D eigenvalue weighted by molar-refractivity contribution is 0.187. The van der Waals surface area contributed by atoms with Gasteiger partial charge in [-0.15, -0.1) is 0 Å². The molecule has 0 fully saturated rings. The van der Waals surface area contributed by atoms with Crippen molar-refractivity contribution in [3.05, 3.63) is 42.2 Å². The molecule has 0 aliphatic heterocycles. The van der Waals surface area contributed by atoms with E-state index in [0.717, 1.165) is 16.3 Å². The highest BCUT2D eigenvalue weighted by atomic mass is 16.3. The molecule has 0 bridgehead atoms. The van der Waals surface area contributed by atoms with Crippen LogP contribution >= 0.6 is 0 Å². The molecule has 3 N–H and O–H groups in total. The molecule has 0 aliphatic carbocycles. The van der Waals surface area contributed by atoms with E-state index in [2.05, 4.69) is 4.98 Å². The minimum Gasteiger partial charge on any atom is -0.387 e. The maximum absolute atomic E-state index is 9.54. The van der Waals surface area contributed by atoms with Crippen molar-refractivity contribution in [1.29, 1.82) is 0 Å². The standard InChI is InChI=1S/C11H12N2O/c12-6-11(14)9-2-1-8-3-4-13-7-10(8)5-9/h1-5,7,11,14H,6,12H2. The van der Waals surface area contributed by atoms with Gasteiger partial charge in [0, 0.05) is 24.3 Å². The number of nitrogens with two attached hydrogens (primary N) is 1. The number of aromatic nitrogens is 1. The largest absolute Gasteiger partial charge is 0.387 e. The number of aliphatic hydroxyl groups is 1. The fourth-order valence-corrected chi connectivity index (χ4v) is 1.45. The van der Waals surface area contributed by atoms with E-state index in [0.29, 0.717) is 0 Å². The lowest BCUT2D eigenvalue weighted by atomic mass is 10.1. The molecule has 0 spiro atoms. The Labute approximate surface area is 82.2 Å². The van der Waals surface area contributed by atoms with Crippen LogP contribution in [-0.2, 0) is 0 Å². The molecule has 0 radical (unpaired) electrons. The Kier molecular flexibility index (Phi) is 2.43. The third kappa shape index (κ3) is 1.60. The second-order valence-electron chi connectivity index (χ2n) is 3.23. The lowest BCUT2D eigenvalue weighted by Gasteiger charge is -2.08. The summed E-state index contributed by atoms with van der Waals surface area (Å²) in [7, 11) is 0. The van der Waals surface area contributed by atoms with E-state index in [1.165, 1.54) is 0 Å². The fraction of sp³-hybridized carbons (Fsp3) is 0.182. The number of fused-ring (bicyclic) bond motifs is 1. The van der Waals surface area contributed by atoms with E-state index in [1.54, 1.807) is 12.4 Å². The quantitative estimate of drug-likeness (QED) is 0.745. The van der Waals surface area contributed by atoms with Crippen molar-refractivity contribution in [1.82, 2.24) is 4.98 Å². The van der Waals surface area contributed by atoms with E-state index >= 15 is 0 Å². The number of hydrogen-bond acceptors (Lipinski definition) is 3. The lowest BCUT2D eigenvalue weighted by Crippen LogP contribution is -2.11. The van der Waals surface area contributed by atoms with Crippen LogP contribution in [0.4, 0.5) is 0 Å². The topological polar surface area (TPSA) is 59.1 Å². The predicted molar refractivity (Wildman–Crippen MR) is 55.8 cm³/mol. The van der Waals surface area contributed by atoms with E-state index < -0.39 is 6.10 Å². The number of rotatable bonds is 2. The van der Waals surface area contributed by atoms with Crippen LogP contribution in [0.3, 0.4) is 0 Å². The first-order valence-corrected chi connectivity index (χ1v) is 4.53. The summed E-state index contributed by atoms with van der Waals surface area (Å²) in [6.07, 6.45) is 2.95. The van der Waals surface area contributed by atoms with Gasteiger partial charge in [0.25, 0.3) is 0 Å². The fourth-order valence-electron chi connectivity index (χ4n) is 1.45. The summed E-state index contributed by atoms with van der Waals surface area (Å²) >= 11 is 0. The summed E-state index contributed by atoms with van der Waals surface area (Å²) in [6.45, 7) is 0.242. The summed E-state index contributed by atoms with van der Waals surface area (Å²) < 4.78 is 0. The van der Waals surface area contributed by atoms with Crippen molar-refractivity contribution in [3.63, 3.8) is 0 Å². The second-order valence-corrected chi connectivity index (χ2v) is 3.23. The van der Waals surface area contributed by atoms with Crippen LogP contribution < -0.4 is 5.73 Å². The SMILES string of the molecule is NCC(O)c1ccc2ccncc2c1. The summed E-state index contributed by atoms with van der Waals surface area (Å²) in [6, 6.07) is 7.71. The predicted octanol–water partition coefficient (Wildman–Crippen LogP) is 1.23. The van der Waals surface area contributed by atoms with Gasteiger partial charge in [-0.05, 0) is 23.1 Å². The Bertz CT molecular complexity index is 442. The minimum absolute atomic E-state index is 0.242. The van der Waals surface area contributed by atoms with Crippen LogP contribution in [0.1, 0.15) is 11.7 Å². The van der Waals surface area contributed by atoms with Gasteiger partial charge in [-0.25, -0.2) is 0 Å². The van der Waals surface area contributed by atoms with Crippen LogP contribution in [0.5, 0.6) is 0 Å². The van der Waals surface area contributed by atoms with Crippen molar-refractivity contribution in [2.24, 2.45) is 5.73 Å². The molecule has 72 valence electrons. The van der Waals surface area contributed by atoms with E-state index in [-0.39, 0.29) is 6.54 Å². The van der Waals surface area contributed by atoms with Crippen LogP contribution in [0.25, 0.3) is 10.8 Å². The Morgan fingerprint density at radius 3 is 2.93 bits per heavy atom. The Balaban J connectivity index is 2.51. The second kappa shape index (κ2) is 3.74. The molecule has 1 aromatic heterocycles. The van der Waals surface area contributed by atoms with Crippen molar-refractivity contribution in [2.75, 3.05) is 6.54 Å². The van der Waals surface area contributed by atoms with Crippen molar-refractivity contribution >= 4 is 10.8 Å². The Morgan fingerprint density at radius 2 is 2.14 bits per heavy atom. The third-order valence-corrected chi connectivity index (χ3v) is 2.27. The van der Waals surface area contributed by atoms with E-state index in [9.17, 15) is 5.11 Å². The number of aliphatic hydroxyl groups excluding tert-OH is 1. The molecule has 0 aliphatic rings. The van der Waals surface area contributed by atoms with Gasteiger partial charge in [0.05, 0.1) is 6.10 Å². The van der Waals surface area contributed by atoms with Gasteiger partial charge < -0.3 is 10.8 Å².